The van der Waals surface area contributed by atoms with E-state index >= 15 is 0 Å². The smallest absolute Gasteiger partial charge is 0.236 e. The van der Waals surface area contributed by atoms with E-state index in [2.05, 4.69) is 10.3 Å². The number of nitrogens with one attached hydrogen (secondary N) is 1. The van der Waals surface area contributed by atoms with E-state index in [4.69, 9.17) is 5.73 Å². The van der Waals surface area contributed by atoms with Crippen molar-refractivity contribution in [2.24, 2.45) is 5.73 Å². The lowest BCUT2D eigenvalue weighted by atomic mass is 10.3. The molecule has 2 heterocycles. The zero-order valence-electron chi connectivity index (χ0n) is 10.2. The third-order valence-electron chi connectivity index (χ3n) is 2.51. The van der Waals surface area contributed by atoms with Crippen LogP contribution in [-0.2, 0) is 11.2 Å². The van der Waals surface area contributed by atoms with E-state index in [-0.39, 0.29) is 18.3 Å². The Hall–Kier alpha value is -1.59. The van der Waals surface area contributed by atoms with Gasteiger partial charge in [-0.15, -0.1) is 12.4 Å². The van der Waals surface area contributed by atoms with Crippen LogP contribution in [0.3, 0.4) is 0 Å². The zero-order valence-corrected chi connectivity index (χ0v) is 11.0. The topological polar surface area (TPSA) is 72.4 Å². The van der Waals surface area contributed by atoms with Crippen molar-refractivity contribution in [2.45, 2.75) is 19.4 Å². The van der Waals surface area contributed by atoms with E-state index in [0.29, 0.717) is 13.0 Å². The molecule has 18 heavy (non-hydrogen) atoms. The van der Waals surface area contributed by atoms with Gasteiger partial charge in [0.15, 0.2) is 0 Å². The fraction of sp³-hybridized carbons (Fsp3) is 0.333. The minimum atomic E-state index is -0.462. The molecule has 0 radical (unpaired) electrons. The number of carbonyl (C=O) groups excluding carboxylic acids is 1. The van der Waals surface area contributed by atoms with E-state index < -0.39 is 6.04 Å². The van der Waals surface area contributed by atoms with Gasteiger partial charge >= 0.3 is 0 Å². The van der Waals surface area contributed by atoms with Gasteiger partial charge in [-0.3, -0.25) is 4.79 Å². The minimum absolute atomic E-state index is 0. The Labute approximate surface area is 112 Å². The Kier molecular flexibility index (Phi) is 5.12. The van der Waals surface area contributed by atoms with Crippen LogP contribution in [0.15, 0.2) is 30.6 Å². The minimum Gasteiger partial charge on any atom is -0.354 e. The van der Waals surface area contributed by atoms with E-state index in [1.165, 1.54) is 0 Å². The highest BCUT2D eigenvalue weighted by molar-refractivity contribution is 5.85. The summed E-state index contributed by atoms with van der Waals surface area (Å²) in [6.45, 7) is 2.23. The Morgan fingerprint density at radius 1 is 1.56 bits per heavy atom. The molecule has 3 N–H and O–H groups in total. The fourth-order valence-electron chi connectivity index (χ4n) is 1.58. The maximum atomic E-state index is 11.2. The third-order valence-corrected chi connectivity index (χ3v) is 2.51. The van der Waals surface area contributed by atoms with Gasteiger partial charge < -0.3 is 15.5 Å². The molecular weight excluding hydrogens is 252 g/mol. The number of rotatable bonds is 4. The number of carbonyl (C=O) groups is 1. The van der Waals surface area contributed by atoms with Crippen LogP contribution in [-0.4, -0.2) is 27.9 Å². The Bertz CT molecular complexity index is 491. The van der Waals surface area contributed by atoms with Crippen molar-refractivity contribution in [1.82, 2.24) is 14.7 Å². The third kappa shape index (κ3) is 3.45. The van der Waals surface area contributed by atoms with Crippen molar-refractivity contribution < 1.29 is 4.79 Å². The number of halogens is 1. The average molecular weight is 269 g/mol. The van der Waals surface area contributed by atoms with Gasteiger partial charge in [0.2, 0.25) is 5.91 Å². The summed E-state index contributed by atoms with van der Waals surface area (Å²) in [5.74, 6) is -0.131. The summed E-state index contributed by atoms with van der Waals surface area (Å²) in [5, 5.41) is 2.76. The predicted octanol–water partition coefficient (Wildman–Crippen LogP) is 0.762. The summed E-state index contributed by atoms with van der Waals surface area (Å²) in [7, 11) is 0. The first kappa shape index (κ1) is 14.5. The second-order valence-electron chi connectivity index (χ2n) is 4.03. The second kappa shape index (κ2) is 6.37. The van der Waals surface area contributed by atoms with Gasteiger partial charge in [0.25, 0.3) is 0 Å². The number of fused-ring (bicyclic) bond motifs is 1. The molecule has 2 rings (SSSR count). The number of hydrogen-bond acceptors (Lipinski definition) is 3. The van der Waals surface area contributed by atoms with Gasteiger partial charge in [-0.25, -0.2) is 4.98 Å². The van der Waals surface area contributed by atoms with Crippen LogP contribution in [0.1, 0.15) is 12.6 Å². The summed E-state index contributed by atoms with van der Waals surface area (Å²) in [5.41, 5.74) is 7.32. The lowest BCUT2D eigenvalue weighted by Gasteiger charge is -2.05. The normalized spacial score (nSPS) is 11.9. The Morgan fingerprint density at radius 2 is 2.33 bits per heavy atom. The molecule has 1 amide bonds. The molecule has 5 nitrogen and oxygen atoms in total. The summed E-state index contributed by atoms with van der Waals surface area (Å²) >= 11 is 0. The summed E-state index contributed by atoms with van der Waals surface area (Å²) in [6.07, 6.45) is 4.62. The van der Waals surface area contributed by atoms with Gasteiger partial charge in [0.05, 0.1) is 11.7 Å². The molecular formula is C12H17ClN4O. The summed E-state index contributed by atoms with van der Waals surface area (Å²) in [6, 6.07) is 5.39. The monoisotopic (exact) mass is 268 g/mol. The number of hydrogen-bond donors (Lipinski definition) is 2. The molecule has 0 bridgehead atoms. The van der Waals surface area contributed by atoms with Crippen molar-refractivity contribution in [3.63, 3.8) is 0 Å². The molecule has 0 saturated heterocycles. The van der Waals surface area contributed by atoms with Gasteiger partial charge in [-0.1, -0.05) is 6.07 Å². The quantitative estimate of drug-likeness (QED) is 0.860. The number of aromatic nitrogens is 2. The number of pyridine rings is 1. The number of nitrogens with zero attached hydrogens (tertiary/aromatic N) is 2. The van der Waals surface area contributed by atoms with Crippen LogP contribution < -0.4 is 11.1 Å². The second-order valence-corrected chi connectivity index (χ2v) is 4.03. The van der Waals surface area contributed by atoms with Crippen molar-refractivity contribution in [1.29, 1.82) is 0 Å². The van der Waals surface area contributed by atoms with Gasteiger partial charge in [-0.05, 0) is 19.1 Å². The molecule has 98 valence electrons. The van der Waals surface area contributed by atoms with E-state index in [1.807, 2.05) is 35.0 Å². The van der Waals surface area contributed by atoms with Crippen LogP contribution in [0.25, 0.3) is 5.65 Å². The van der Waals surface area contributed by atoms with E-state index in [0.717, 1.165) is 11.3 Å². The molecule has 0 aliphatic rings. The van der Waals surface area contributed by atoms with Crippen molar-refractivity contribution >= 4 is 24.0 Å². The SMILES string of the molecule is CC(N)C(=O)NCCc1cn2ccccc2n1.Cl. The number of amides is 1. The van der Waals surface area contributed by atoms with E-state index in [1.54, 1.807) is 6.92 Å². The van der Waals surface area contributed by atoms with Crippen molar-refractivity contribution in [2.75, 3.05) is 6.54 Å². The van der Waals surface area contributed by atoms with E-state index in [9.17, 15) is 4.79 Å². The van der Waals surface area contributed by atoms with Crippen molar-refractivity contribution in [3.05, 3.63) is 36.3 Å². The highest BCUT2D eigenvalue weighted by Gasteiger charge is 2.06. The average Bonchev–Trinajstić information content (AvgIpc) is 2.71. The van der Waals surface area contributed by atoms with Crippen LogP contribution in [0.2, 0.25) is 0 Å². The molecule has 2 aromatic rings. The van der Waals surface area contributed by atoms with Gasteiger partial charge in [0, 0.05) is 25.4 Å². The maximum Gasteiger partial charge on any atom is 0.236 e. The van der Waals surface area contributed by atoms with Crippen LogP contribution in [0.5, 0.6) is 0 Å². The largest absolute Gasteiger partial charge is 0.354 e. The fourth-order valence-corrected chi connectivity index (χ4v) is 1.58. The lowest BCUT2D eigenvalue weighted by Crippen LogP contribution is -2.39. The van der Waals surface area contributed by atoms with Crippen LogP contribution in [0.4, 0.5) is 0 Å². The van der Waals surface area contributed by atoms with Crippen LogP contribution in [0, 0.1) is 0 Å². The molecule has 0 aromatic carbocycles. The van der Waals surface area contributed by atoms with Crippen LogP contribution >= 0.6 is 12.4 Å². The molecule has 0 aliphatic carbocycles. The van der Waals surface area contributed by atoms with Crippen molar-refractivity contribution in [3.8, 4) is 0 Å². The molecule has 0 spiro atoms. The Balaban J connectivity index is 0.00000162. The summed E-state index contributed by atoms with van der Waals surface area (Å²) in [4.78, 5) is 15.7. The first-order valence-electron chi connectivity index (χ1n) is 5.63. The lowest BCUT2D eigenvalue weighted by molar-refractivity contribution is -0.121. The molecule has 0 fully saturated rings. The van der Waals surface area contributed by atoms with Gasteiger partial charge in [0.1, 0.15) is 5.65 Å². The highest BCUT2D eigenvalue weighted by atomic mass is 35.5. The molecule has 2 aromatic heterocycles. The van der Waals surface area contributed by atoms with Gasteiger partial charge in [-0.2, -0.15) is 0 Å². The first-order chi connectivity index (χ1) is 8.16. The Morgan fingerprint density at radius 3 is 3.00 bits per heavy atom. The number of nitrogens with two attached hydrogens (primary N) is 1. The number of imidazole rings is 1. The standard InChI is InChI=1S/C12H16N4O.ClH/c1-9(13)12(17)14-6-5-10-8-16-7-3-2-4-11(16)15-10;/h2-4,7-9H,5-6,13H2,1H3,(H,14,17);1H. The first-order valence-corrected chi connectivity index (χ1v) is 5.63. The zero-order chi connectivity index (χ0) is 12.3. The molecule has 0 aliphatic heterocycles. The molecule has 1 atom stereocenters. The molecule has 1 unspecified atom stereocenters. The predicted molar refractivity (Wildman–Crippen MR) is 72.8 cm³/mol. The highest BCUT2D eigenvalue weighted by Crippen LogP contribution is 2.04. The summed E-state index contributed by atoms with van der Waals surface area (Å²) < 4.78 is 1.96. The maximum absolute atomic E-state index is 11.2. The molecule has 0 saturated carbocycles. The molecule has 6 heteroatoms.